The molecule has 0 aliphatic heterocycles. The van der Waals surface area contributed by atoms with Crippen LogP contribution in [0.4, 0.5) is 26.3 Å². The van der Waals surface area contributed by atoms with Crippen molar-refractivity contribution in [2.24, 2.45) is 0 Å². The summed E-state index contributed by atoms with van der Waals surface area (Å²) < 4.78 is 96.1. The monoisotopic (exact) mass is 724 g/mol. The summed E-state index contributed by atoms with van der Waals surface area (Å²) in [4.78, 5) is 6.03. The van der Waals surface area contributed by atoms with E-state index in [1.807, 2.05) is 50.6 Å². The third-order valence-corrected chi connectivity index (χ3v) is 14.7. The maximum atomic E-state index is 16.2. The number of aryl methyl sites for hydroxylation is 4. The van der Waals surface area contributed by atoms with Gasteiger partial charge in [0.05, 0.1) is 9.75 Å². The molecule has 12 heteroatoms. The van der Waals surface area contributed by atoms with E-state index in [9.17, 15) is 0 Å². The minimum atomic E-state index is -5.65. The quantitative estimate of drug-likeness (QED) is 0.150. The predicted octanol–water partition coefficient (Wildman–Crippen LogP) is 13.8. The van der Waals surface area contributed by atoms with Crippen LogP contribution >= 0.6 is 68.0 Å². The lowest BCUT2D eigenvalue weighted by Gasteiger charge is -2.25. The molecule has 1 aliphatic carbocycles. The van der Waals surface area contributed by atoms with E-state index in [-0.39, 0.29) is 20.9 Å². The second kappa shape index (κ2) is 10.8. The number of hydrogen-bond donors (Lipinski definition) is 0. The lowest BCUT2D eigenvalue weighted by molar-refractivity contribution is -0.254. The fourth-order valence-electron chi connectivity index (χ4n) is 5.43. The summed E-state index contributed by atoms with van der Waals surface area (Å²) >= 11 is 7.70. The molecular formula is C33H22F6S6. The summed E-state index contributed by atoms with van der Waals surface area (Å²) in [6.07, 6.45) is 0. The first-order valence-corrected chi connectivity index (χ1v) is 18.6. The second-order valence-corrected chi connectivity index (χ2v) is 17.5. The van der Waals surface area contributed by atoms with Gasteiger partial charge in [0.2, 0.25) is 0 Å². The van der Waals surface area contributed by atoms with E-state index < -0.39 is 28.9 Å². The van der Waals surface area contributed by atoms with Gasteiger partial charge in [0.25, 0.3) is 0 Å². The highest BCUT2D eigenvalue weighted by Gasteiger charge is 2.80. The van der Waals surface area contributed by atoms with Gasteiger partial charge >= 0.3 is 17.8 Å². The molecular weight excluding hydrogens is 703 g/mol. The van der Waals surface area contributed by atoms with Crippen molar-refractivity contribution >= 4 is 79.2 Å². The zero-order valence-electron chi connectivity index (χ0n) is 24.0. The van der Waals surface area contributed by atoms with Crippen LogP contribution in [-0.4, -0.2) is 17.8 Å². The van der Waals surface area contributed by atoms with E-state index in [2.05, 4.69) is 0 Å². The highest BCUT2D eigenvalue weighted by molar-refractivity contribution is 7.27. The Labute approximate surface area is 279 Å². The van der Waals surface area contributed by atoms with Crippen LogP contribution in [0.1, 0.15) is 32.0 Å². The molecule has 0 unspecified atom stereocenters. The van der Waals surface area contributed by atoms with Crippen LogP contribution < -0.4 is 0 Å². The van der Waals surface area contributed by atoms with E-state index >= 15 is 26.3 Å². The molecule has 232 valence electrons. The van der Waals surface area contributed by atoms with Gasteiger partial charge in [-0.3, -0.25) is 0 Å². The zero-order chi connectivity index (χ0) is 32.1. The van der Waals surface area contributed by atoms with Crippen molar-refractivity contribution in [3.8, 4) is 39.0 Å². The standard InChI is InChI=1S/C33H22F6S6/c1-15-9-23(40-13-15)25-11-19(29(44-25)21-7-5-17(3)42-21)27-28(32(36,37)33(38,39)31(27,34)35)20-12-26(24-10-16(2)14-41-24)45-30(20)22-8-6-18(4)43-22/h5-14H,1-4H3. The number of allylic oxidation sites excluding steroid dienone is 2. The molecule has 6 heterocycles. The van der Waals surface area contributed by atoms with Crippen LogP contribution in [0.2, 0.25) is 0 Å². The predicted molar refractivity (Wildman–Crippen MR) is 182 cm³/mol. The van der Waals surface area contributed by atoms with Crippen molar-refractivity contribution in [3.63, 3.8) is 0 Å². The zero-order valence-corrected chi connectivity index (χ0v) is 28.9. The van der Waals surface area contributed by atoms with Gasteiger partial charge in [-0.1, -0.05) is 0 Å². The smallest absolute Gasteiger partial charge is 0.194 e. The van der Waals surface area contributed by atoms with Crippen molar-refractivity contribution in [2.45, 2.75) is 45.5 Å². The van der Waals surface area contributed by atoms with Crippen LogP contribution in [0.15, 0.2) is 59.3 Å². The molecule has 7 rings (SSSR count). The summed E-state index contributed by atoms with van der Waals surface area (Å²) in [5.41, 5.74) is -1.28. The largest absolute Gasteiger partial charge is 0.380 e. The number of thiophene rings is 6. The molecule has 6 aromatic rings. The third-order valence-electron chi connectivity index (χ3n) is 7.54. The van der Waals surface area contributed by atoms with Crippen LogP contribution in [0, 0.1) is 27.7 Å². The molecule has 45 heavy (non-hydrogen) atoms. The third kappa shape index (κ3) is 4.86. The molecule has 0 aromatic carbocycles. The summed E-state index contributed by atoms with van der Waals surface area (Å²) in [6.45, 7) is 7.47. The highest BCUT2D eigenvalue weighted by atomic mass is 32.1. The number of halogens is 6. The molecule has 0 nitrogen and oxygen atoms in total. The van der Waals surface area contributed by atoms with Crippen LogP contribution in [0.5, 0.6) is 0 Å². The van der Waals surface area contributed by atoms with Crippen molar-refractivity contribution in [1.82, 2.24) is 0 Å². The average molecular weight is 725 g/mol. The van der Waals surface area contributed by atoms with Crippen molar-refractivity contribution in [3.05, 3.63) is 91.3 Å². The van der Waals surface area contributed by atoms with Crippen LogP contribution in [0.25, 0.3) is 50.2 Å². The molecule has 0 saturated carbocycles. The van der Waals surface area contributed by atoms with Gasteiger partial charge < -0.3 is 0 Å². The molecule has 0 radical (unpaired) electrons. The molecule has 0 atom stereocenters. The number of rotatable bonds is 6. The molecule has 0 amide bonds. The van der Waals surface area contributed by atoms with E-state index in [1.54, 1.807) is 24.3 Å². The van der Waals surface area contributed by atoms with Gasteiger partial charge in [0.15, 0.2) is 0 Å². The summed E-state index contributed by atoms with van der Waals surface area (Å²) in [7, 11) is 0. The summed E-state index contributed by atoms with van der Waals surface area (Å²) in [6, 6.07) is 13.6. The fraction of sp³-hybridized carbons (Fsp3) is 0.212. The van der Waals surface area contributed by atoms with Gasteiger partial charge in [-0.15, -0.1) is 68.0 Å². The van der Waals surface area contributed by atoms with Gasteiger partial charge in [0.1, 0.15) is 0 Å². The minimum Gasteiger partial charge on any atom is -0.194 e. The fourth-order valence-corrected chi connectivity index (χ4v) is 11.7. The van der Waals surface area contributed by atoms with Gasteiger partial charge in [-0.05, 0) is 98.1 Å². The second-order valence-electron chi connectivity index (χ2n) is 11.0. The number of alkyl halides is 6. The van der Waals surface area contributed by atoms with E-state index in [4.69, 9.17) is 0 Å². The van der Waals surface area contributed by atoms with E-state index in [1.165, 1.54) is 57.5 Å². The summed E-state index contributed by atoms with van der Waals surface area (Å²) in [5, 5.41) is 3.80. The maximum absolute atomic E-state index is 16.2. The van der Waals surface area contributed by atoms with Gasteiger partial charge in [-0.2, -0.15) is 26.3 Å². The SMILES string of the molecule is Cc1csc(-c2cc(C3=C(c4cc(-c5cc(C)cs5)sc4-c4ccc(C)s4)C(F)(F)C(F)(F)C3(F)F)c(-c3ccc(C)s3)s2)c1. The Hall–Kier alpha value is -2.48. The molecule has 6 aromatic heterocycles. The van der Waals surface area contributed by atoms with Gasteiger partial charge in [-0.25, -0.2) is 0 Å². The number of hydrogen-bond acceptors (Lipinski definition) is 6. The Morgan fingerprint density at radius 3 is 1.18 bits per heavy atom. The van der Waals surface area contributed by atoms with Crippen LogP contribution in [0.3, 0.4) is 0 Å². The van der Waals surface area contributed by atoms with Crippen molar-refractivity contribution < 1.29 is 26.3 Å². The first-order chi connectivity index (χ1) is 21.2. The maximum Gasteiger partial charge on any atom is 0.380 e. The Balaban J connectivity index is 1.58. The lowest BCUT2D eigenvalue weighted by atomic mass is 9.94. The van der Waals surface area contributed by atoms with Gasteiger partial charge in [0, 0.05) is 61.3 Å². The van der Waals surface area contributed by atoms with Crippen molar-refractivity contribution in [2.75, 3.05) is 0 Å². The minimum absolute atomic E-state index is 0.271. The molecule has 1 aliphatic rings. The molecule has 0 spiro atoms. The Bertz CT molecular complexity index is 1960. The van der Waals surface area contributed by atoms with Crippen molar-refractivity contribution in [1.29, 1.82) is 0 Å². The lowest BCUT2D eigenvalue weighted by Crippen LogP contribution is -2.48. The summed E-state index contributed by atoms with van der Waals surface area (Å²) in [5.74, 6) is -16.0. The molecule has 0 fully saturated rings. The Morgan fingerprint density at radius 2 is 0.867 bits per heavy atom. The first-order valence-electron chi connectivity index (χ1n) is 13.6. The first kappa shape index (κ1) is 31.1. The molecule has 0 N–H and O–H groups in total. The molecule has 0 bridgehead atoms. The Morgan fingerprint density at radius 1 is 0.467 bits per heavy atom. The highest BCUT2D eigenvalue weighted by Crippen LogP contribution is 2.67. The average Bonchev–Trinajstić information content (AvgIpc) is 3.79. The normalized spacial score (nSPS) is 17.1. The van der Waals surface area contributed by atoms with E-state index in [0.29, 0.717) is 19.5 Å². The topological polar surface area (TPSA) is 0 Å². The van der Waals surface area contributed by atoms with E-state index in [0.717, 1.165) is 53.3 Å². The van der Waals surface area contributed by atoms with Crippen LogP contribution in [-0.2, 0) is 0 Å². The molecule has 0 saturated heterocycles. The Kier molecular flexibility index (Phi) is 7.46.